The van der Waals surface area contributed by atoms with Gasteiger partial charge >= 0.3 is 0 Å². The Morgan fingerprint density at radius 2 is 1.78 bits per heavy atom. The molecule has 3 rings (SSSR count). The number of benzene rings is 2. The summed E-state index contributed by atoms with van der Waals surface area (Å²) in [6.07, 6.45) is 4.96. The van der Waals surface area contributed by atoms with E-state index in [4.69, 9.17) is 9.47 Å². The molecule has 1 aliphatic carbocycles. The molecule has 1 atom stereocenters. The van der Waals surface area contributed by atoms with Gasteiger partial charge < -0.3 is 14.6 Å². The molecule has 0 saturated heterocycles. The maximum absolute atomic E-state index is 10.5. The Morgan fingerprint density at radius 3 is 2.48 bits per heavy atom. The van der Waals surface area contributed by atoms with Gasteiger partial charge in [-0.2, -0.15) is 0 Å². The summed E-state index contributed by atoms with van der Waals surface area (Å²) in [6, 6.07) is 15.7. The Bertz CT molecular complexity index is 618. The molecule has 0 aromatic heterocycles. The first-order chi connectivity index (χ1) is 11.3. The van der Waals surface area contributed by atoms with Gasteiger partial charge in [-0.25, -0.2) is 0 Å². The van der Waals surface area contributed by atoms with E-state index in [-0.39, 0.29) is 6.10 Å². The van der Waals surface area contributed by atoms with Crippen molar-refractivity contribution in [3.8, 4) is 11.5 Å². The molecule has 1 fully saturated rings. The van der Waals surface area contributed by atoms with Crippen molar-refractivity contribution in [2.75, 3.05) is 7.11 Å². The molecular formula is C20H24O3. The minimum Gasteiger partial charge on any atom is -0.493 e. The third-order valence-corrected chi connectivity index (χ3v) is 4.44. The molecule has 0 aliphatic heterocycles. The number of aliphatic hydroxyl groups is 1. The molecular weight excluding hydrogens is 288 g/mol. The minimum atomic E-state index is -0.547. The van der Waals surface area contributed by atoms with Crippen LogP contribution in [0, 0.1) is 0 Å². The Kier molecular flexibility index (Phi) is 5.19. The van der Waals surface area contributed by atoms with Crippen molar-refractivity contribution in [3.63, 3.8) is 0 Å². The van der Waals surface area contributed by atoms with Crippen molar-refractivity contribution in [2.24, 2.45) is 0 Å². The third kappa shape index (κ3) is 4.05. The quantitative estimate of drug-likeness (QED) is 0.864. The van der Waals surface area contributed by atoms with E-state index in [1.807, 2.05) is 48.5 Å². The highest BCUT2D eigenvalue weighted by Crippen LogP contribution is 2.34. The van der Waals surface area contributed by atoms with Gasteiger partial charge in [0.15, 0.2) is 11.5 Å². The van der Waals surface area contributed by atoms with Crippen LogP contribution in [0.15, 0.2) is 48.5 Å². The fourth-order valence-electron chi connectivity index (χ4n) is 3.13. The lowest BCUT2D eigenvalue weighted by molar-refractivity contribution is 0.174. The van der Waals surface area contributed by atoms with Crippen molar-refractivity contribution in [2.45, 2.75) is 44.3 Å². The van der Waals surface area contributed by atoms with Crippen molar-refractivity contribution < 1.29 is 14.6 Å². The minimum absolute atomic E-state index is 0.269. The maximum atomic E-state index is 10.5. The first-order valence-electron chi connectivity index (χ1n) is 8.33. The molecule has 1 saturated carbocycles. The normalized spacial score (nSPS) is 16.3. The summed E-state index contributed by atoms with van der Waals surface area (Å²) >= 11 is 0. The summed E-state index contributed by atoms with van der Waals surface area (Å²) < 4.78 is 11.5. The summed E-state index contributed by atoms with van der Waals surface area (Å²) in [4.78, 5) is 0. The average Bonchev–Trinajstić information content (AvgIpc) is 3.09. The summed E-state index contributed by atoms with van der Waals surface area (Å²) in [5.41, 5.74) is 1.98. The Balaban J connectivity index is 1.76. The fraction of sp³-hybridized carbons (Fsp3) is 0.400. The molecule has 3 heteroatoms. The standard InChI is InChI=1S/C20H24O3/c1-22-19-12-11-16(14-20(19)23-17-9-5-6-10-17)18(21)13-15-7-3-2-4-8-15/h2-4,7-8,11-12,14,17-18,21H,5-6,9-10,13H2,1H3. The van der Waals surface area contributed by atoms with Gasteiger partial charge in [-0.15, -0.1) is 0 Å². The Hall–Kier alpha value is -2.00. The van der Waals surface area contributed by atoms with E-state index in [0.29, 0.717) is 6.42 Å². The molecule has 122 valence electrons. The largest absolute Gasteiger partial charge is 0.493 e. The zero-order valence-electron chi connectivity index (χ0n) is 13.6. The summed E-state index contributed by atoms with van der Waals surface area (Å²) in [5, 5.41) is 10.5. The highest BCUT2D eigenvalue weighted by atomic mass is 16.5. The highest BCUT2D eigenvalue weighted by molar-refractivity contribution is 5.44. The third-order valence-electron chi connectivity index (χ3n) is 4.44. The zero-order valence-corrected chi connectivity index (χ0v) is 13.6. The molecule has 2 aromatic carbocycles. The van der Waals surface area contributed by atoms with Gasteiger partial charge in [-0.1, -0.05) is 36.4 Å². The van der Waals surface area contributed by atoms with Crippen LogP contribution in [0.25, 0.3) is 0 Å². The van der Waals surface area contributed by atoms with E-state index < -0.39 is 6.10 Å². The predicted octanol–water partition coefficient (Wildman–Crippen LogP) is 4.29. The second-order valence-electron chi connectivity index (χ2n) is 6.14. The molecule has 23 heavy (non-hydrogen) atoms. The van der Waals surface area contributed by atoms with E-state index >= 15 is 0 Å². The zero-order chi connectivity index (χ0) is 16.1. The second-order valence-corrected chi connectivity index (χ2v) is 6.14. The van der Waals surface area contributed by atoms with Gasteiger partial charge in [0.25, 0.3) is 0 Å². The van der Waals surface area contributed by atoms with Gasteiger partial charge in [0.05, 0.1) is 19.3 Å². The number of rotatable bonds is 6. The molecule has 0 heterocycles. The van der Waals surface area contributed by atoms with Crippen LogP contribution >= 0.6 is 0 Å². The van der Waals surface area contributed by atoms with Gasteiger partial charge in [0, 0.05) is 6.42 Å². The van der Waals surface area contributed by atoms with Crippen LogP contribution in [-0.2, 0) is 6.42 Å². The molecule has 0 bridgehead atoms. The number of hydrogen-bond donors (Lipinski definition) is 1. The van der Waals surface area contributed by atoms with E-state index in [1.54, 1.807) is 7.11 Å². The van der Waals surface area contributed by atoms with Crippen molar-refractivity contribution in [3.05, 3.63) is 59.7 Å². The van der Waals surface area contributed by atoms with Crippen LogP contribution in [0.5, 0.6) is 11.5 Å². The van der Waals surface area contributed by atoms with E-state index in [1.165, 1.54) is 12.8 Å². The van der Waals surface area contributed by atoms with Gasteiger partial charge in [-0.3, -0.25) is 0 Å². The first kappa shape index (κ1) is 15.9. The number of ether oxygens (including phenoxy) is 2. The predicted molar refractivity (Wildman–Crippen MR) is 91.0 cm³/mol. The molecule has 2 aromatic rings. The maximum Gasteiger partial charge on any atom is 0.161 e. The van der Waals surface area contributed by atoms with Crippen LogP contribution in [0.1, 0.15) is 42.9 Å². The van der Waals surface area contributed by atoms with Crippen LogP contribution < -0.4 is 9.47 Å². The van der Waals surface area contributed by atoms with Crippen LogP contribution in [0.3, 0.4) is 0 Å². The first-order valence-corrected chi connectivity index (χ1v) is 8.33. The second kappa shape index (κ2) is 7.51. The monoisotopic (exact) mass is 312 g/mol. The van der Waals surface area contributed by atoms with Crippen LogP contribution in [0.2, 0.25) is 0 Å². The molecule has 1 unspecified atom stereocenters. The summed E-state index contributed by atoms with van der Waals surface area (Å²) in [7, 11) is 1.65. The van der Waals surface area contributed by atoms with Crippen LogP contribution in [-0.4, -0.2) is 18.3 Å². The van der Waals surface area contributed by atoms with Crippen molar-refractivity contribution >= 4 is 0 Å². The fourth-order valence-corrected chi connectivity index (χ4v) is 3.13. The average molecular weight is 312 g/mol. The van der Waals surface area contributed by atoms with E-state index in [9.17, 15) is 5.11 Å². The number of aliphatic hydroxyl groups excluding tert-OH is 1. The number of methoxy groups -OCH3 is 1. The summed E-state index contributed by atoms with van der Waals surface area (Å²) in [5.74, 6) is 1.47. The van der Waals surface area contributed by atoms with Gasteiger partial charge in [-0.05, 0) is 48.9 Å². The molecule has 1 aliphatic rings. The van der Waals surface area contributed by atoms with E-state index in [2.05, 4.69) is 0 Å². The summed E-state index contributed by atoms with van der Waals surface area (Å²) in [6.45, 7) is 0. The Morgan fingerprint density at radius 1 is 1.04 bits per heavy atom. The van der Waals surface area contributed by atoms with Crippen LogP contribution in [0.4, 0.5) is 0 Å². The highest BCUT2D eigenvalue weighted by Gasteiger charge is 2.19. The lowest BCUT2D eigenvalue weighted by Crippen LogP contribution is -2.12. The SMILES string of the molecule is COc1ccc(C(O)Cc2ccccc2)cc1OC1CCCC1. The smallest absolute Gasteiger partial charge is 0.161 e. The van der Waals surface area contributed by atoms with Gasteiger partial charge in [0.2, 0.25) is 0 Å². The molecule has 0 spiro atoms. The van der Waals surface area contributed by atoms with E-state index in [0.717, 1.165) is 35.5 Å². The van der Waals surface area contributed by atoms with Gasteiger partial charge in [0.1, 0.15) is 0 Å². The lowest BCUT2D eigenvalue weighted by Gasteiger charge is -2.18. The number of hydrogen-bond acceptors (Lipinski definition) is 3. The van der Waals surface area contributed by atoms with Crippen molar-refractivity contribution in [1.82, 2.24) is 0 Å². The van der Waals surface area contributed by atoms with Crippen molar-refractivity contribution in [1.29, 1.82) is 0 Å². The molecule has 0 radical (unpaired) electrons. The molecule has 0 amide bonds. The molecule has 3 nitrogen and oxygen atoms in total. The lowest BCUT2D eigenvalue weighted by atomic mass is 10.0. The molecule has 1 N–H and O–H groups in total. The topological polar surface area (TPSA) is 38.7 Å². The Labute approximate surface area is 137 Å².